The molecule has 0 bridgehead atoms. The number of hydrogen-bond donors (Lipinski definition) is 1. The van der Waals surface area contributed by atoms with E-state index in [-0.39, 0.29) is 5.69 Å². The van der Waals surface area contributed by atoms with Crippen LogP contribution >= 0.6 is 0 Å². The van der Waals surface area contributed by atoms with E-state index < -0.39 is 16.6 Å². The normalized spacial score (nSPS) is 12.1. The van der Waals surface area contributed by atoms with Gasteiger partial charge in [-0.2, -0.15) is 0 Å². The SMILES string of the molecule is Nc1cc(F)ccc1S(=O)CCOc1ccccc1. The van der Waals surface area contributed by atoms with E-state index in [1.807, 2.05) is 30.3 Å². The highest BCUT2D eigenvalue weighted by molar-refractivity contribution is 7.85. The quantitative estimate of drug-likeness (QED) is 0.856. The summed E-state index contributed by atoms with van der Waals surface area (Å²) in [4.78, 5) is 0.443. The molecule has 2 aromatic carbocycles. The molecule has 2 aromatic rings. The van der Waals surface area contributed by atoms with E-state index in [0.29, 0.717) is 17.3 Å². The Morgan fingerprint density at radius 2 is 1.89 bits per heavy atom. The molecule has 0 spiro atoms. The second-order valence-electron chi connectivity index (χ2n) is 3.89. The van der Waals surface area contributed by atoms with Gasteiger partial charge < -0.3 is 10.5 Å². The topological polar surface area (TPSA) is 52.3 Å². The Kier molecular flexibility index (Phi) is 4.52. The Hall–Kier alpha value is -1.88. The van der Waals surface area contributed by atoms with Gasteiger partial charge in [0.2, 0.25) is 0 Å². The number of hydrogen-bond acceptors (Lipinski definition) is 3. The molecule has 3 nitrogen and oxygen atoms in total. The first-order valence-corrected chi connectivity index (χ1v) is 7.10. The summed E-state index contributed by atoms with van der Waals surface area (Å²) in [6.45, 7) is 0.313. The highest BCUT2D eigenvalue weighted by atomic mass is 32.2. The van der Waals surface area contributed by atoms with Gasteiger partial charge in [0, 0.05) is 0 Å². The largest absolute Gasteiger partial charge is 0.493 e. The Morgan fingerprint density at radius 3 is 2.58 bits per heavy atom. The summed E-state index contributed by atoms with van der Waals surface area (Å²) in [7, 11) is -1.29. The van der Waals surface area contributed by atoms with Crippen LogP contribution < -0.4 is 10.5 Å². The van der Waals surface area contributed by atoms with Crippen molar-refractivity contribution in [2.75, 3.05) is 18.1 Å². The maximum Gasteiger partial charge on any atom is 0.125 e. The lowest BCUT2D eigenvalue weighted by atomic mass is 10.3. The number of halogens is 1. The van der Waals surface area contributed by atoms with Crippen molar-refractivity contribution in [3.63, 3.8) is 0 Å². The Labute approximate surface area is 113 Å². The number of nitrogen functional groups attached to an aromatic ring is 1. The second-order valence-corrected chi connectivity index (χ2v) is 5.43. The maximum atomic E-state index is 12.9. The van der Waals surface area contributed by atoms with Gasteiger partial charge >= 0.3 is 0 Å². The first-order chi connectivity index (χ1) is 9.16. The molecule has 0 aliphatic heterocycles. The molecule has 0 amide bonds. The fraction of sp³-hybridized carbons (Fsp3) is 0.143. The molecule has 2 rings (SSSR count). The van der Waals surface area contributed by atoms with Crippen molar-refractivity contribution in [1.29, 1.82) is 0 Å². The van der Waals surface area contributed by atoms with Crippen LogP contribution in [-0.4, -0.2) is 16.6 Å². The third-order valence-corrected chi connectivity index (χ3v) is 3.90. The number of para-hydroxylation sites is 1. The number of rotatable bonds is 5. The predicted molar refractivity (Wildman–Crippen MR) is 74.0 cm³/mol. The van der Waals surface area contributed by atoms with Crippen molar-refractivity contribution in [3.05, 3.63) is 54.3 Å². The van der Waals surface area contributed by atoms with E-state index in [9.17, 15) is 8.60 Å². The van der Waals surface area contributed by atoms with Crippen molar-refractivity contribution in [1.82, 2.24) is 0 Å². The van der Waals surface area contributed by atoms with Crippen LogP contribution in [0.3, 0.4) is 0 Å². The third-order valence-electron chi connectivity index (χ3n) is 2.50. The minimum absolute atomic E-state index is 0.207. The number of benzene rings is 2. The Balaban J connectivity index is 1.91. The molecule has 19 heavy (non-hydrogen) atoms. The molecule has 0 radical (unpaired) electrons. The first kappa shape index (κ1) is 13.5. The summed E-state index contributed by atoms with van der Waals surface area (Å²) in [5.41, 5.74) is 5.84. The Bertz CT molecular complexity index is 575. The van der Waals surface area contributed by atoms with Crippen molar-refractivity contribution >= 4 is 16.5 Å². The maximum absolute atomic E-state index is 12.9. The van der Waals surface area contributed by atoms with E-state index in [0.717, 1.165) is 5.75 Å². The molecule has 0 aromatic heterocycles. The highest BCUT2D eigenvalue weighted by Crippen LogP contribution is 2.18. The molecule has 0 fully saturated rings. The van der Waals surface area contributed by atoms with Crippen LogP contribution in [0.1, 0.15) is 0 Å². The summed E-state index contributed by atoms with van der Waals surface area (Å²) in [5, 5.41) is 0. The van der Waals surface area contributed by atoms with E-state index in [1.54, 1.807) is 0 Å². The fourth-order valence-electron chi connectivity index (χ4n) is 1.59. The van der Waals surface area contributed by atoms with Gasteiger partial charge in [0.05, 0.1) is 27.1 Å². The van der Waals surface area contributed by atoms with Gasteiger partial charge in [-0.15, -0.1) is 0 Å². The molecule has 100 valence electrons. The average molecular weight is 279 g/mol. The average Bonchev–Trinajstić information content (AvgIpc) is 2.39. The van der Waals surface area contributed by atoms with Gasteiger partial charge in [0.15, 0.2) is 0 Å². The van der Waals surface area contributed by atoms with Gasteiger partial charge in [-0.05, 0) is 30.3 Å². The van der Waals surface area contributed by atoms with Crippen LogP contribution in [0.5, 0.6) is 5.75 Å². The van der Waals surface area contributed by atoms with Gasteiger partial charge in [-0.1, -0.05) is 18.2 Å². The van der Waals surface area contributed by atoms with Crippen LogP contribution in [0, 0.1) is 5.82 Å². The van der Waals surface area contributed by atoms with E-state index in [2.05, 4.69) is 0 Å². The van der Waals surface area contributed by atoms with Crippen LogP contribution in [0.25, 0.3) is 0 Å². The molecule has 0 aliphatic carbocycles. The monoisotopic (exact) mass is 279 g/mol. The molecular formula is C14H14FNO2S. The summed E-state index contributed by atoms with van der Waals surface area (Å²) in [5.74, 6) is 0.607. The van der Waals surface area contributed by atoms with Gasteiger partial charge in [-0.3, -0.25) is 4.21 Å². The van der Waals surface area contributed by atoms with Crippen LogP contribution in [0.15, 0.2) is 53.4 Å². The lowest BCUT2D eigenvalue weighted by molar-refractivity contribution is 0.342. The van der Waals surface area contributed by atoms with E-state index >= 15 is 0 Å². The molecule has 1 atom stereocenters. The van der Waals surface area contributed by atoms with Crippen LogP contribution in [0.2, 0.25) is 0 Å². The van der Waals surface area contributed by atoms with Crippen molar-refractivity contribution in [3.8, 4) is 5.75 Å². The van der Waals surface area contributed by atoms with E-state index in [4.69, 9.17) is 10.5 Å². The zero-order valence-electron chi connectivity index (χ0n) is 10.2. The summed E-state index contributed by atoms with van der Waals surface area (Å²) >= 11 is 0. The second kappa shape index (κ2) is 6.33. The number of nitrogens with two attached hydrogens (primary N) is 1. The zero-order valence-corrected chi connectivity index (χ0v) is 11.0. The molecule has 0 aliphatic rings. The zero-order chi connectivity index (χ0) is 13.7. The van der Waals surface area contributed by atoms with E-state index in [1.165, 1.54) is 18.2 Å². The Morgan fingerprint density at radius 1 is 1.16 bits per heavy atom. The molecule has 5 heteroatoms. The lowest BCUT2D eigenvalue weighted by Crippen LogP contribution is -2.10. The van der Waals surface area contributed by atoms with Crippen LogP contribution in [-0.2, 0) is 10.8 Å². The van der Waals surface area contributed by atoms with Gasteiger partial charge in [0.25, 0.3) is 0 Å². The standard InChI is InChI=1S/C14H14FNO2S/c15-11-6-7-14(13(16)10-11)19(17)9-8-18-12-4-2-1-3-5-12/h1-7,10H,8-9,16H2. The highest BCUT2D eigenvalue weighted by Gasteiger charge is 2.09. The van der Waals surface area contributed by atoms with Gasteiger partial charge in [0.1, 0.15) is 18.2 Å². The summed E-state index contributed by atoms with van der Waals surface area (Å²) in [6, 6.07) is 13.2. The number of anilines is 1. The molecule has 0 saturated carbocycles. The van der Waals surface area contributed by atoms with Crippen molar-refractivity contribution in [2.45, 2.75) is 4.90 Å². The molecule has 0 saturated heterocycles. The molecule has 2 N–H and O–H groups in total. The van der Waals surface area contributed by atoms with Crippen LogP contribution in [0.4, 0.5) is 10.1 Å². The molecular weight excluding hydrogens is 265 g/mol. The minimum atomic E-state index is -1.29. The molecule has 0 heterocycles. The predicted octanol–water partition coefficient (Wildman–Crippen LogP) is 2.59. The third kappa shape index (κ3) is 3.79. The number of ether oxygens (including phenoxy) is 1. The first-order valence-electron chi connectivity index (χ1n) is 5.78. The fourth-order valence-corrected chi connectivity index (χ4v) is 2.58. The molecule has 1 unspecified atom stereocenters. The summed E-state index contributed by atoms with van der Waals surface area (Å²) < 4.78 is 30.3. The van der Waals surface area contributed by atoms with Crippen molar-refractivity contribution < 1.29 is 13.3 Å². The van der Waals surface area contributed by atoms with Gasteiger partial charge in [-0.25, -0.2) is 4.39 Å². The lowest BCUT2D eigenvalue weighted by Gasteiger charge is -2.07. The smallest absolute Gasteiger partial charge is 0.125 e. The minimum Gasteiger partial charge on any atom is -0.493 e. The van der Waals surface area contributed by atoms with Crippen molar-refractivity contribution in [2.24, 2.45) is 0 Å². The summed E-state index contributed by atoms with van der Waals surface area (Å²) in [6.07, 6.45) is 0.